The molecule has 3 rings (SSSR count). The van der Waals surface area contributed by atoms with Gasteiger partial charge in [0.25, 0.3) is 11.5 Å². The summed E-state index contributed by atoms with van der Waals surface area (Å²) in [5.41, 5.74) is 0.654. The molecule has 0 aliphatic rings. The van der Waals surface area contributed by atoms with Gasteiger partial charge in [-0.2, -0.15) is 5.10 Å². The molecule has 8 heteroatoms. The maximum absolute atomic E-state index is 11.9. The second-order valence-corrected chi connectivity index (χ2v) is 6.01. The smallest absolute Gasteiger partial charge is 0.277 e. The van der Waals surface area contributed by atoms with E-state index in [9.17, 15) is 9.59 Å². The molecule has 0 unspecified atom stereocenters. The molecule has 0 saturated carbocycles. The molecule has 2 N–H and O–H groups in total. The van der Waals surface area contributed by atoms with Gasteiger partial charge < -0.3 is 5.32 Å². The Kier molecular flexibility index (Phi) is 3.99. The highest BCUT2D eigenvalue weighted by Gasteiger charge is 2.09. The van der Waals surface area contributed by atoms with Crippen LogP contribution in [0.4, 0.5) is 5.82 Å². The zero-order chi connectivity index (χ0) is 15.5. The summed E-state index contributed by atoms with van der Waals surface area (Å²) in [6, 6.07) is 9.83. The molecule has 0 atom stereocenters. The van der Waals surface area contributed by atoms with Gasteiger partial charge in [0, 0.05) is 22.7 Å². The molecular weight excluding hydrogens is 324 g/mol. The Hall–Kier alpha value is -2.51. The number of nitrogens with one attached hydrogen (secondary N) is 2. The van der Waals surface area contributed by atoms with Gasteiger partial charge in [0.15, 0.2) is 0 Å². The van der Waals surface area contributed by atoms with Crippen molar-refractivity contribution in [2.45, 2.75) is 0 Å². The molecule has 0 radical (unpaired) electrons. The molecule has 0 spiro atoms. The van der Waals surface area contributed by atoms with Crippen LogP contribution in [-0.2, 0) is 0 Å². The quantitative estimate of drug-likeness (QED) is 0.772. The summed E-state index contributed by atoms with van der Waals surface area (Å²) in [7, 11) is 0. The van der Waals surface area contributed by atoms with E-state index in [1.54, 1.807) is 12.3 Å². The molecule has 1 amide bonds. The Morgan fingerprint density at radius 2 is 2.05 bits per heavy atom. The van der Waals surface area contributed by atoms with E-state index in [1.807, 2.05) is 18.2 Å². The summed E-state index contributed by atoms with van der Waals surface area (Å²) in [6.07, 6.45) is 1.65. The van der Waals surface area contributed by atoms with Gasteiger partial charge in [-0.25, -0.2) is 10.1 Å². The van der Waals surface area contributed by atoms with Crippen LogP contribution >= 0.6 is 22.9 Å². The largest absolute Gasteiger partial charge is 0.305 e. The first-order valence-electron chi connectivity index (χ1n) is 6.21. The Morgan fingerprint density at radius 1 is 1.18 bits per heavy atom. The fourth-order valence-electron chi connectivity index (χ4n) is 1.73. The Balaban J connectivity index is 1.74. The van der Waals surface area contributed by atoms with E-state index < -0.39 is 5.91 Å². The molecule has 3 heterocycles. The standard InChI is InChI=1S/C14H9ClN4O2S/c15-11-4-3-10(22-11)8-1-5-12(16-7-8)17-14(21)9-2-6-13(20)19-18-9/h1-7H,(H,19,20)(H,16,17,21). The third-order valence-corrected chi connectivity index (χ3v) is 4.05. The van der Waals surface area contributed by atoms with Gasteiger partial charge in [0.1, 0.15) is 11.5 Å². The summed E-state index contributed by atoms with van der Waals surface area (Å²) in [4.78, 5) is 28.0. The molecule has 3 aromatic rings. The maximum atomic E-state index is 11.9. The van der Waals surface area contributed by atoms with Crippen LogP contribution in [-0.4, -0.2) is 21.1 Å². The Bertz CT molecular complexity index is 853. The summed E-state index contributed by atoms with van der Waals surface area (Å²) in [6.45, 7) is 0. The number of aromatic amines is 1. The minimum atomic E-state index is -0.448. The van der Waals surface area contributed by atoms with Crippen molar-refractivity contribution >= 4 is 34.7 Å². The molecule has 22 heavy (non-hydrogen) atoms. The van der Waals surface area contributed by atoms with E-state index in [-0.39, 0.29) is 11.3 Å². The number of aromatic nitrogens is 3. The molecule has 0 bridgehead atoms. The first-order valence-corrected chi connectivity index (χ1v) is 7.40. The molecule has 0 aliphatic heterocycles. The molecule has 110 valence electrons. The van der Waals surface area contributed by atoms with Crippen molar-refractivity contribution in [3.8, 4) is 10.4 Å². The van der Waals surface area contributed by atoms with Gasteiger partial charge in [0.2, 0.25) is 0 Å². The van der Waals surface area contributed by atoms with Gasteiger partial charge in [-0.15, -0.1) is 11.3 Å². The average Bonchev–Trinajstić information content (AvgIpc) is 2.95. The fraction of sp³-hybridized carbons (Fsp3) is 0. The highest BCUT2D eigenvalue weighted by molar-refractivity contribution is 7.19. The van der Waals surface area contributed by atoms with Crippen LogP contribution in [0.2, 0.25) is 4.34 Å². The number of rotatable bonds is 3. The number of thiophene rings is 1. The fourth-order valence-corrected chi connectivity index (χ4v) is 2.77. The zero-order valence-electron chi connectivity index (χ0n) is 11.0. The van der Waals surface area contributed by atoms with Crippen molar-refractivity contribution < 1.29 is 4.79 Å². The molecule has 3 aromatic heterocycles. The number of carbonyl (C=O) groups is 1. The maximum Gasteiger partial charge on any atom is 0.277 e. The van der Waals surface area contributed by atoms with Crippen LogP contribution in [0.1, 0.15) is 10.5 Å². The van der Waals surface area contributed by atoms with Crippen molar-refractivity contribution in [1.82, 2.24) is 15.2 Å². The lowest BCUT2D eigenvalue weighted by atomic mass is 10.2. The van der Waals surface area contributed by atoms with Gasteiger partial charge >= 0.3 is 0 Å². The molecule has 0 aromatic carbocycles. The summed E-state index contributed by atoms with van der Waals surface area (Å²) >= 11 is 7.35. The second kappa shape index (κ2) is 6.08. The number of hydrogen-bond donors (Lipinski definition) is 2. The van der Waals surface area contributed by atoms with E-state index in [0.717, 1.165) is 10.4 Å². The normalized spacial score (nSPS) is 10.4. The van der Waals surface area contributed by atoms with E-state index in [0.29, 0.717) is 10.2 Å². The van der Waals surface area contributed by atoms with Crippen molar-refractivity contribution in [2.75, 3.05) is 5.32 Å². The SMILES string of the molecule is O=C(Nc1ccc(-c2ccc(Cl)s2)cn1)c1ccc(=O)[nH]n1. The van der Waals surface area contributed by atoms with Gasteiger partial charge in [-0.3, -0.25) is 9.59 Å². The predicted molar refractivity (Wildman–Crippen MR) is 85.4 cm³/mol. The number of anilines is 1. The number of amides is 1. The van der Waals surface area contributed by atoms with Gasteiger partial charge in [0.05, 0.1) is 4.34 Å². The second-order valence-electron chi connectivity index (χ2n) is 4.30. The third-order valence-electron chi connectivity index (χ3n) is 2.77. The topological polar surface area (TPSA) is 87.7 Å². The third kappa shape index (κ3) is 3.21. The van der Waals surface area contributed by atoms with Crippen molar-refractivity contribution in [3.05, 3.63) is 63.0 Å². The lowest BCUT2D eigenvalue weighted by Crippen LogP contribution is -2.18. The van der Waals surface area contributed by atoms with Crippen molar-refractivity contribution in [1.29, 1.82) is 0 Å². The number of hydrogen-bond acceptors (Lipinski definition) is 5. The van der Waals surface area contributed by atoms with Crippen LogP contribution in [0.3, 0.4) is 0 Å². The number of halogens is 1. The molecule has 0 fully saturated rings. The number of carbonyl (C=O) groups excluding carboxylic acids is 1. The molecular formula is C14H9ClN4O2S. The summed E-state index contributed by atoms with van der Waals surface area (Å²) < 4.78 is 0.705. The Morgan fingerprint density at radius 3 is 2.64 bits per heavy atom. The zero-order valence-corrected chi connectivity index (χ0v) is 12.6. The molecule has 6 nitrogen and oxygen atoms in total. The lowest BCUT2D eigenvalue weighted by Gasteiger charge is -2.04. The van der Waals surface area contributed by atoms with Crippen LogP contribution in [0.15, 0.2) is 47.4 Å². The number of nitrogens with zero attached hydrogens (tertiary/aromatic N) is 2. The molecule has 0 saturated heterocycles. The lowest BCUT2D eigenvalue weighted by molar-refractivity contribution is 0.102. The predicted octanol–water partition coefficient (Wildman–Crippen LogP) is 2.80. The van der Waals surface area contributed by atoms with Crippen molar-refractivity contribution in [3.63, 3.8) is 0 Å². The summed E-state index contributed by atoms with van der Waals surface area (Å²) in [5, 5.41) is 8.46. The first-order chi connectivity index (χ1) is 10.6. The first kappa shape index (κ1) is 14.4. The van der Waals surface area contributed by atoms with Crippen LogP contribution in [0.5, 0.6) is 0 Å². The molecule has 0 aliphatic carbocycles. The van der Waals surface area contributed by atoms with Crippen molar-refractivity contribution in [2.24, 2.45) is 0 Å². The Labute approximate surface area is 133 Å². The monoisotopic (exact) mass is 332 g/mol. The van der Waals surface area contributed by atoms with Gasteiger partial charge in [-0.1, -0.05) is 11.6 Å². The van der Waals surface area contributed by atoms with E-state index in [2.05, 4.69) is 20.5 Å². The van der Waals surface area contributed by atoms with Crippen LogP contribution < -0.4 is 10.9 Å². The van der Waals surface area contributed by atoms with E-state index in [1.165, 1.54) is 23.5 Å². The summed E-state index contributed by atoms with van der Waals surface area (Å²) in [5.74, 6) is -0.0555. The van der Waals surface area contributed by atoms with Crippen LogP contribution in [0, 0.1) is 0 Å². The number of H-pyrrole nitrogens is 1. The highest BCUT2D eigenvalue weighted by atomic mass is 35.5. The van der Waals surface area contributed by atoms with Crippen LogP contribution in [0.25, 0.3) is 10.4 Å². The van der Waals surface area contributed by atoms with E-state index >= 15 is 0 Å². The minimum Gasteiger partial charge on any atom is -0.305 e. The van der Waals surface area contributed by atoms with Gasteiger partial charge in [-0.05, 0) is 30.3 Å². The van der Waals surface area contributed by atoms with E-state index in [4.69, 9.17) is 11.6 Å². The minimum absolute atomic E-state index is 0.107. The average molecular weight is 333 g/mol. The highest BCUT2D eigenvalue weighted by Crippen LogP contribution is 2.30. The number of pyridine rings is 1.